The third kappa shape index (κ3) is 4.51. The number of nitrogens with one attached hydrogen (secondary N) is 2. The number of hydrogen-bond acceptors (Lipinski definition) is 5. The number of nitrogens with zero attached hydrogens (tertiary/aromatic N) is 4. The van der Waals surface area contributed by atoms with Crippen LogP contribution >= 0.6 is 0 Å². The van der Waals surface area contributed by atoms with Gasteiger partial charge in [0.15, 0.2) is 0 Å². The Labute approximate surface area is 194 Å². The van der Waals surface area contributed by atoms with E-state index >= 15 is 0 Å². The zero-order chi connectivity index (χ0) is 23.0. The van der Waals surface area contributed by atoms with Crippen molar-refractivity contribution in [2.24, 2.45) is 5.41 Å². The second-order valence-electron chi connectivity index (χ2n) is 9.80. The molecule has 1 aliphatic rings. The zero-order valence-corrected chi connectivity index (χ0v) is 19.7. The monoisotopic (exact) mass is 438 g/mol. The molecule has 0 radical (unpaired) electrons. The summed E-state index contributed by atoms with van der Waals surface area (Å²) in [6.07, 6.45) is 6.89. The smallest absolute Gasteiger partial charge is 0.127 e. The fraction of sp³-hybridized carbons (Fsp3) is 0.333. The Morgan fingerprint density at radius 1 is 1.09 bits per heavy atom. The Bertz CT molecular complexity index is 1290. The van der Waals surface area contributed by atoms with E-state index in [-0.39, 0.29) is 0 Å². The SMILES string of the molecule is Cc1ccc(-c2cc(-c3n[nH]c4c3CCC(C)(C)C4)cc(NCc3cccnc3)n2)c(C)n1. The molecule has 0 aromatic carbocycles. The maximum Gasteiger partial charge on any atom is 0.127 e. The topological polar surface area (TPSA) is 79.4 Å². The molecule has 33 heavy (non-hydrogen) atoms. The molecule has 4 heterocycles. The number of aromatic nitrogens is 5. The highest BCUT2D eigenvalue weighted by Gasteiger charge is 2.29. The molecule has 0 saturated carbocycles. The minimum Gasteiger partial charge on any atom is -0.366 e. The van der Waals surface area contributed by atoms with Gasteiger partial charge < -0.3 is 5.32 Å². The molecule has 0 unspecified atom stereocenters. The minimum absolute atomic E-state index is 0.307. The molecular weight excluding hydrogens is 408 g/mol. The van der Waals surface area contributed by atoms with Gasteiger partial charge in [-0.3, -0.25) is 15.1 Å². The van der Waals surface area contributed by atoms with Crippen LogP contribution in [0.25, 0.3) is 22.5 Å². The Kier molecular flexibility index (Phi) is 5.44. The van der Waals surface area contributed by atoms with Crippen LogP contribution in [0.15, 0.2) is 48.8 Å². The van der Waals surface area contributed by atoms with Crippen LogP contribution in [0.4, 0.5) is 5.82 Å². The first-order valence-electron chi connectivity index (χ1n) is 11.5. The molecule has 2 N–H and O–H groups in total. The quantitative estimate of drug-likeness (QED) is 0.419. The summed E-state index contributed by atoms with van der Waals surface area (Å²) < 4.78 is 0. The predicted molar refractivity (Wildman–Crippen MR) is 132 cm³/mol. The van der Waals surface area contributed by atoms with Gasteiger partial charge in [0.05, 0.1) is 11.4 Å². The van der Waals surface area contributed by atoms with Crippen LogP contribution in [0.3, 0.4) is 0 Å². The summed E-state index contributed by atoms with van der Waals surface area (Å²) in [5.41, 5.74) is 10.0. The number of aromatic amines is 1. The average molecular weight is 439 g/mol. The molecule has 0 bridgehead atoms. The number of aryl methyl sites for hydroxylation is 2. The third-order valence-corrected chi connectivity index (χ3v) is 6.46. The van der Waals surface area contributed by atoms with E-state index in [1.807, 2.05) is 32.2 Å². The van der Waals surface area contributed by atoms with E-state index < -0.39 is 0 Å². The van der Waals surface area contributed by atoms with Gasteiger partial charge in [0.1, 0.15) is 5.82 Å². The molecule has 0 atom stereocenters. The molecule has 1 aliphatic carbocycles. The maximum absolute atomic E-state index is 4.94. The van der Waals surface area contributed by atoms with Crippen LogP contribution in [0, 0.1) is 19.3 Å². The molecule has 0 aliphatic heterocycles. The summed E-state index contributed by atoms with van der Waals surface area (Å²) in [5, 5.41) is 11.6. The van der Waals surface area contributed by atoms with Gasteiger partial charge in [-0.1, -0.05) is 19.9 Å². The summed E-state index contributed by atoms with van der Waals surface area (Å²) in [6, 6.07) is 12.4. The minimum atomic E-state index is 0.307. The van der Waals surface area contributed by atoms with Crippen molar-refractivity contribution in [1.29, 1.82) is 0 Å². The summed E-state index contributed by atoms with van der Waals surface area (Å²) in [4.78, 5) is 13.8. The van der Waals surface area contributed by atoms with Gasteiger partial charge in [-0.05, 0) is 74.4 Å². The Morgan fingerprint density at radius 3 is 2.76 bits per heavy atom. The second-order valence-corrected chi connectivity index (χ2v) is 9.80. The van der Waals surface area contributed by atoms with Crippen molar-refractivity contribution in [2.75, 3.05) is 5.32 Å². The molecule has 0 amide bonds. The highest BCUT2D eigenvalue weighted by atomic mass is 15.1. The number of anilines is 1. The number of fused-ring (bicyclic) bond motifs is 1. The Morgan fingerprint density at radius 2 is 1.97 bits per heavy atom. The van der Waals surface area contributed by atoms with Crippen LogP contribution in [0.2, 0.25) is 0 Å². The van der Waals surface area contributed by atoms with Crippen LogP contribution < -0.4 is 5.32 Å². The van der Waals surface area contributed by atoms with Crippen molar-refractivity contribution in [3.05, 3.63) is 77.0 Å². The molecule has 4 aromatic rings. The van der Waals surface area contributed by atoms with Crippen LogP contribution in [-0.4, -0.2) is 25.1 Å². The van der Waals surface area contributed by atoms with E-state index in [0.717, 1.165) is 64.5 Å². The van der Waals surface area contributed by atoms with Crippen molar-refractivity contribution in [1.82, 2.24) is 25.1 Å². The van der Waals surface area contributed by atoms with Crippen molar-refractivity contribution < 1.29 is 0 Å². The number of H-pyrrole nitrogens is 1. The van der Waals surface area contributed by atoms with Crippen molar-refractivity contribution in [2.45, 2.75) is 53.5 Å². The van der Waals surface area contributed by atoms with Crippen LogP contribution in [0.1, 0.15) is 48.5 Å². The Hall–Kier alpha value is -3.54. The normalized spacial score (nSPS) is 14.7. The second kappa shape index (κ2) is 8.43. The van der Waals surface area contributed by atoms with Gasteiger partial charge in [0, 0.05) is 52.7 Å². The molecule has 5 rings (SSSR count). The highest BCUT2D eigenvalue weighted by Crippen LogP contribution is 2.39. The maximum atomic E-state index is 4.94. The summed E-state index contributed by atoms with van der Waals surface area (Å²) in [5.74, 6) is 0.819. The molecule has 0 spiro atoms. The lowest BCUT2D eigenvalue weighted by Gasteiger charge is -2.29. The van der Waals surface area contributed by atoms with Gasteiger partial charge in [0.2, 0.25) is 0 Å². The van der Waals surface area contributed by atoms with Gasteiger partial charge in [-0.25, -0.2) is 4.98 Å². The lowest BCUT2D eigenvalue weighted by molar-refractivity contribution is 0.312. The zero-order valence-electron chi connectivity index (χ0n) is 19.7. The van der Waals surface area contributed by atoms with E-state index in [0.29, 0.717) is 12.0 Å². The van der Waals surface area contributed by atoms with E-state index in [1.54, 1.807) is 6.20 Å². The standard InChI is InChI=1S/C27H30N6/c1-17-7-8-21(18(2)30-17)23-12-20(13-25(31-23)29-16-19-6-5-11-28-15-19)26-22-9-10-27(3,4)14-24(22)32-33-26/h5-8,11-13,15H,9-10,14,16H2,1-4H3,(H,29,31)(H,32,33). The molecule has 168 valence electrons. The van der Waals surface area contributed by atoms with Gasteiger partial charge in [-0.15, -0.1) is 0 Å². The number of rotatable bonds is 5. The first-order chi connectivity index (χ1) is 15.9. The largest absolute Gasteiger partial charge is 0.366 e. The van der Waals surface area contributed by atoms with E-state index in [4.69, 9.17) is 10.1 Å². The molecule has 6 heteroatoms. The van der Waals surface area contributed by atoms with Gasteiger partial charge in [0.25, 0.3) is 0 Å². The molecule has 0 fully saturated rings. The van der Waals surface area contributed by atoms with E-state index in [2.05, 4.69) is 58.5 Å². The number of pyridine rings is 3. The van der Waals surface area contributed by atoms with Crippen LogP contribution in [-0.2, 0) is 19.4 Å². The lowest BCUT2D eigenvalue weighted by Crippen LogP contribution is -2.21. The van der Waals surface area contributed by atoms with Crippen molar-refractivity contribution in [3.63, 3.8) is 0 Å². The molecule has 6 nitrogen and oxygen atoms in total. The summed E-state index contributed by atoms with van der Waals surface area (Å²) >= 11 is 0. The van der Waals surface area contributed by atoms with Gasteiger partial charge in [-0.2, -0.15) is 5.10 Å². The molecular formula is C27H30N6. The highest BCUT2D eigenvalue weighted by molar-refractivity contribution is 5.75. The first kappa shape index (κ1) is 21.3. The van der Waals surface area contributed by atoms with Crippen LogP contribution in [0.5, 0.6) is 0 Å². The summed E-state index contributed by atoms with van der Waals surface area (Å²) in [6.45, 7) is 9.36. The predicted octanol–water partition coefficient (Wildman–Crippen LogP) is 5.67. The lowest BCUT2D eigenvalue weighted by atomic mass is 9.76. The third-order valence-electron chi connectivity index (χ3n) is 6.46. The van der Waals surface area contributed by atoms with E-state index in [9.17, 15) is 0 Å². The molecule has 4 aromatic heterocycles. The van der Waals surface area contributed by atoms with E-state index in [1.165, 1.54) is 11.3 Å². The Balaban J connectivity index is 1.57. The average Bonchev–Trinajstić information content (AvgIpc) is 3.20. The van der Waals surface area contributed by atoms with Crippen molar-refractivity contribution >= 4 is 5.82 Å². The fourth-order valence-corrected chi connectivity index (χ4v) is 4.63. The fourth-order valence-electron chi connectivity index (χ4n) is 4.63. The number of hydrogen-bond donors (Lipinski definition) is 2. The van der Waals surface area contributed by atoms with Gasteiger partial charge >= 0.3 is 0 Å². The van der Waals surface area contributed by atoms with Crippen molar-refractivity contribution in [3.8, 4) is 22.5 Å². The molecule has 0 saturated heterocycles. The summed E-state index contributed by atoms with van der Waals surface area (Å²) in [7, 11) is 0. The first-order valence-corrected chi connectivity index (χ1v) is 11.5.